The Morgan fingerprint density at radius 1 is 1.41 bits per heavy atom. The molecule has 3 nitrogen and oxygen atoms in total. The van der Waals surface area contributed by atoms with Gasteiger partial charge in [-0.15, -0.1) is 0 Å². The SMILES string of the molecule is CCCNC(C)Cc1ccc2c(c1)ncn2C. The molecule has 0 radical (unpaired) electrons. The highest BCUT2D eigenvalue weighted by atomic mass is 15.0. The van der Waals surface area contributed by atoms with Crippen molar-refractivity contribution in [2.45, 2.75) is 32.7 Å². The van der Waals surface area contributed by atoms with Crippen LogP contribution in [0.5, 0.6) is 0 Å². The first-order chi connectivity index (χ1) is 8.20. The summed E-state index contributed by atoms with van der Waals surface area (Å²) in [7, 11) is 2.03. The van der Waals surface area contributed by atoms with E-state index in [0.29, 0.717) is 6.04 Å². The van der Waals surface area contributed by atoms with Gasteiger partial charge >= 0.3 is 0 Å². The topological polar surface area (TPSA) is 29.9 Å². The van der Waals surface area contributed by atoms with Crippen LogP contribution in [0, 0.1) is 0 Å². The highest BCUT2D eigenvalue weighted by Crippen LogP contribution is 2.15. The van der Waals surface area contributed by atoms with Gasteiger partial charge < -0.3 is 9.88 Å². The summed E-state index contributed by atoms with van der Waals surface area (Å²) in [6.07, 6.45) is 4.11. The quantitative estimate of drug-likeness (QED) is 0.857. The zero-order valence-corrected chi connectivity index (χ0v) is 10.9. The van der Waals surface area contributed by atoms with Gasteiger partial charge in [0.2, 0.25) is 0 Å². The van der Waals surface area contributed by atoms with Gasteiger partial charge in [-0.3, -0.25) is 0 Å². The molecule has 1 atom stereocenters. The van der Waals surface area contributed by atoms with Crippen LogP contribution in [0.25, 0.3) is 11.0 Å². The van der Waals surface area contributed by atoms with E-state index in [0.717, 1.165) is 18.5 Å². The molecular weight excluding hydrogens is 210 g/mol. The van der Waals surface area contributed by atoms with Gasteiger partial charge in [0, 0.05) is 13.1 Å². The van der Waals surface area contributed by atoms with Crippen LogP contribution in [0.15, 0.2) is 24.5 Å². The molecule has 3 heteroatoms. The second kappa shape index (κ2) is 5.32. The molecular formula is C14H21N3. The molecule has 92 valence electrons. The minimum Gasteiger partial charge on any atom is -0.334 e. The number of imidazole rings is 1. The summed E-state index contributed by atoms with van der Waals surface area (Å²) in [5.74, 6) is 0. The molecule has 1 heterocycles. The van der Waals surface area contributed by atoms with Crippen LogP contribution in [-0.4, -0.2) is 22.1 Å². The Morgan fingerprint density at radius 2 is 2.24 bits per heavy atom. The van der Waals surface area contributed by atoms with E-state index in [2.05, 4.69) is 46.9 Å². The molecule has 0 fully saturated rings. The van der Waals surface area contributed by atoms with Gasteiger partial charge in [-0.25, -0.2) is 4.98 Å². The monoisotopic (exact) mass is 231 g/mol. The summed E-state index contributed by atoms with van der Waals surface area (Å²) in [6, 6.07) is 7.08. The summed E-state index contributed by atoms with van der Waals surface area (Å²) in [4.78, 5) is 4.39. The Balaban J connectivity index is 2.08. The van der Waals surface area contributed by atoms with E-state index in [1.807, 2.05) is 13.4 Å². The normalized spacial score (nSPS) is 13.1. The molecule has 0 aliphatic heterocycles. The van der Waals surface area contributed by atoms with Crippen molar-refractivity contribution in [3.05, 3.63) is 30.1 Å². The third-order valence-electron chi connectivity index (χ3n) is 3.07. The summed E-state index contributed by atoms with van der Waals surface area (Å²) in [5.41, 5.74) is 3.64. The van der Waals surface area contributed by atoms with Crippen molar-refractivity contribution >= 4 is 11.0 Å². The van der Waals surface area contributed by atoms with Crippen LogP contribution in [-0.2, 0) is 13.5 Å². The van der Waals surface area contributed by atoms with Crippen LogP contribution < -0.4 is 5.32 Å². The first kappa shape index (κ1) is 12.1. The summed E-state index contributed by atoms with van der Waals surface area (Å²) < 4.78 is 2.05. The Kier molecular flexibility index (Phi) is 3.79. The Hall–Kier alpha value is -1.35. The number of nitrogens with one attached hydrogen (secondary N) is 1. The molecule has 0 amide bonds. The summed E-state index contributed by atoms with van der Waals surface area (Å²) >= 11 is 0. The predicted molar refractivity (Wildman–Crippen MR) is 72.2 cm³/mol. The number of fused-ring (bicyclic) bond motifs is 1. The molecule has 2 rings (SSSR count). The lowest BCUT2D eigenvalue weighted by atomic mass is 10.1. The molecule has 0 aliphatic carbocycles. The fourth-order valence-corrected chi connectivity index (χ4v) is 2.13. The highest BCUT2D eigenvalue weighted by Gasteiger charge is 2.05. The van der Waals surface area contributed by atoms with E-state index in [1.54, 1.807) is 0 Å². The molecule has 0 spiro atoms. The molecule has 0 saturated carbocycles. The lowest BCUT2D eigenvalue weighted by Gasteiger charge is -2.13. The van der Waals surface area contributed by atoms with E-state index < -0.39 is 0 Å². The zero-order chi connectivity index (χ0) is 12.3. The molecule has 17 heavy (non-hydrogen) atoms. The number of nitrogens with zero attached hydrogens (tertiary/aromatic N) is 2. The average molecular weight is 231 g/mol. The maximum Gasteiger partial charge on any atom is 0.0955 e. The average Bonchev–Trinajstić information content (AvgIpc) is 2.68. The number of aromatic nitrogens is 2. The molecule has 2 aromatic rings. The van der Waals surface area contributed by atoms with Crippen molar-refractivity contribution in [3.8, 4) is 0 Å². The maximum absolute atomic E-state index is 4.39. The van der Waals surface area contributed by atoms with Gasteiger partial charge in [0.15, 0.2) is 0 Å². The second-order valence-electron chi connectivity index (χ2n) is 4.74. The molecule has 1 aromatic carbocycles. The van der Waals surface area contributed by atoms with Gasteiger partial charge in [-0.05, 0) is 44.0 Å². The van der Waals surface area contributed by atoms with E-state index >= 15 is 0 Å². The fraction of sp³-hybridized carbons (Fsp3) is 0.500. The zero-order valence-electron chi connectivity index (χ0n) is 10.9. The van der Waals surface area contributed by atoms with Gasteiger partial charge in [0.05, 0.1) is 17.4 Å². The van der Waals surface area contributed by atoms with Crippen molar-refractivity contribution in [1.82, 2.24) is 14.9 Å². The minimum atomic E-state index is 0.524. The minimum absolute atomic E-state index is 0.524. The van der Waals surface area contributed by atoms with Crippen molar-refractivity contribution in [2.75, 3.05) is 6.54 Å². The van der Waals surface area contributed by atoms with Crippen LogP contribution in [0.1, 0.15) is 25.8 Å². The van der Waals surface area contributed by atoms with Crippen LogP contribution in [0.3, 0.4) is 0 Å². The summed E-state index contributed by atoms with van der Waals surface area (Å²) in [6.45, 7) is 5.52. The second-order valence-corrected chi connectivity index (χ2v) is 4.74. The van der Waals surface area contributed by atoms with Gasteiger partial charge in [0.25, 0.3) is 0 Å². The number of hydrogen-bond acceptors (Lipinski definition) is 2. The van der Waals surface area contributed by atoms with Crippen molar-refractivity contribution < 1.29 is 0 Å². The Morgan fingerprint density at radius 3 is 3.00 bits per heavy atom. The Labute approximate surface area is 103 Å². The third-order valence-corrected chi connectivity index (χ3v) is 3.07. The van der Waals surface area contributed by atoms with Gasteiger partial charge in [-0.2, -0.15) is 0 Å². The molecule has 1 unspecified atom stereocenters. The first-order valence-corrected chi connectivity index (χ1v) is 6.34. The van der Waals surface area contributed by atoms with E-state index in [4.69, 9.17) is 0 Å². The standard InChI is InChI=1S/C14H21N3/c1-4-7-15-11(2)8-12-5-6-14-13(9-12)16-10-17(14)3/h5-6,9-11,15H,4,7-8H2,1-3H3. The van der Waals surface area contributed by atoms with E-state index in [-0.39, 0.29) is 0 Å². The smallest absolute Gasteiger partial charge is 0.0955 e. The van der Waals surface area contributed by atoms with Crippen LogP contribution in [0.4, 0.5) is 0 Å². The van der Waals surface area contributed by atoms with Crippen LogP contribution in [0.2, 0.25) is 0 Å². The van der Waals surface area contributed by atoms with E-state index in [1.165, 1.54) is 17.5 Å². The Bertz CT molecular complexity index is 487. The highest BCUT2D eigenvalue weighted by molar-refractivity contribution is 5.75. The van der Waals surface area contributed by atoms with Gasteiger partial charge in [-0.1, -0.05) is 13.0 Å². The van der Waals surface area contributed by atoms with Crippen molar-refractivity contribution in [2.24, 2.45) is 7.05 Å². The third kappa shape index (κ3) is 2.86. The van der Waals surface area contributed by atoms with Gasteiger partial charge in [0.1, 0.15) is 0 Å². The number of rotatable bonds is 5. The molecule has 0 saturated heterocycles. The van der Waals surface area contributed by atoms with Crippen molar-refractivity contribution in [1.29, 1.82) is 0 Å². The number of aryl methyl sites for hydroxylation is 1. The largest absolute Gasteiger partial charge is 0.334 e. The molecule has 1 aromatic heterocycles. The predicted octanol–water partition coefficient (Wildman–Crippen LogP) is 2.50. The first-order valence-electron chi connectivity index (χ1n) is 6.34. The molecule has 0 bridgehead atoms. The lowest BCUT2D eigenvalue weighted by Crippen LogP contribution is -2.28. The summed E-state index contributed by atoms with van der Waals surface area (Å²) in [5, 5.41) is 3.51. The van der Waals surface area contributed by atoms with E-state index in [9.17, 15) is 0 Å². The fourth-order valence-electron chi connectivity index (χ4n) is 2.13. The molecule has 0 aliphatic rings. The van der Waals surface area contributed by atoms with Crippen molar-refractivity contribution in [3.63, 3.8) is 0 Å². The number of benzene rings is 1. The maximum atomic E-state index is 4.39. The molecule has 1 N–H and O–H groups in total. The number of hydrogen-bond donors (Lipinski definition) is 1. The van der Waals surface area contributed by atoms with Crippen LogP contribution >= 0.6 is 0 Å². The lowest BCUT2D eigenvalue weighted by molar-refractivity contribution is 0.544.